The van der Waals surface area contributed by atoms with Gasteiger partial charge in [0.1, 0.15) is 13.2 Å². The van der Waals surface area contributed by atoms with Gasteiger partial charge in [-0.1, -0.05) is 60.7 Å². The van der Waals surface area contributed by atoms with E-state index >= 15 is 0 Å². The highest BCUT2D eigenvalue weighted by molar-refractivity contribution is 6.28. The first-order valence-corrected chi connectivity index (χ1v) is 16.4. The molecule has 1 aliphatic rings. The molecule has 0 unspecified atom stereocenters. The number of rotatable bonds is 8. The van der Waals surface area contributed by atoms with Crippen LogP contribution in [-0.2, 0) is 22.7 Å². The first-order chi connectivity index (χ1) is 26.2. The van der Waals surface area contributed by atoms with E-state index in [0.29, 0.717) is 0 Å². The second-order valence-corrected chi connectivity index (χ2v) is 11.6. The molecule has 2 aromatic heterocycles. The number of hydrogen-bond acceptors (Lipinski definition) is 16. The van der Waals surface area contributed by atoms with E-state index in [1.54, 1.807) is 0 Å². The predicted molar refractivity (Wildman–Crippen MR) is 187 cm³/mol. The number of carbonyl (C=O) groups is 2. The van der Waals surface area contributed by atoms with Gasteiger partial charge in [0.25, 0.3) is 0 Å². The molecule has 0 atom stereocenters. The van der Waals surface area contributed by atoms with Gasteiger partial charge in [-0.15, -0.1) is 9.97 Å². The van der Waals surface area contributed by atoms with Gasteiger partial charge in [0.15, 0.2) is 23.0 Å². The number of aromatic nitrogens is 6. The molecule has 18 heteroatoms. The molecular weight excluding hydrogens is 747 g/mol. The molecule has 272 valence electrons. The number of esters is 2. The molecule has 0 aliphatic carbocycles. The molecule has 8 bridgehead atoms. The van der Waals surface area contributed by atoms with Gasteiger partial charge < -0.3 is 37.9 Å². The molecule has 3 heterocycles. The minimum absolute atomic E-state index is 0.0205. The van der Waals surface area contributed by atoms with Crippen LogP contribution >= 0.6 is 23.2 Å². The Balaban J connectivity index is 1.42. The zero-order chi connectivity index (χ0) is 37.6. The molecule has 0 amide bonds. The Kier molecular flexibility index (Phi) is 10.5. The maximum atomic E-state index is 12.9. The number of ether oxygens (including phenoxy) is 8. The lowest BCUT2D eigenvalue weighted by molar-refractivity contribution is 0.0591. The second-order valence-electron chi connectivity index (χ2n) is 10.9. The first-order valence-electron chi connectivity index (χ1n) is 15.7. The van der Waals surface area contributed by atoms with E-state index in [-0.39, 0.29) is 69.4 Å². The smallest absolute Gasteiger partial charge is 0.338 e. The number of hydrogen-bond donors (Lipinski definition) is 0. The van der Waals surface area contributed by atoms with Gasteiger partial charge in [0, 0.05) is 0 Å². The Bertz CT molecular complexity index is 2100. The number of halogens is 2. The third-order valence-corrected chi connectivity index (χ3v) is 7.61. The van der Waals surface area contributed by atoms with Crippen LogP contribution in [0.1, 0.15) is 31.8 Å². The van der Waals surface area contributed by atoms with Crippen molar-refractivity contribution in [2.75, 3.05) is 14.2 Å². The summed E-state index contributed by atoms with van der Waals surface area (Å²) < 4.78 is 46.7. The number of benzene rings is 4. The van der Waals surface area contributed by atoms with E-state index in [1.807, 2.05) is 60.7 Å². The summed E-state index contributed by atoms with van der Waals surface area (Å²) in [6.07, 6.45) is 0. The molecule has 16 nitrogen and oxygen atoms in total. The van der Waals surface area contributed by atoms with Crippen molar-refractivity contribution in [1.29, 1.82) is 0 Å². The summed E-state index contributed by atoms with van der Waals surface area (Å²) in [5.41, 5.74) is 1.50. The topological polar surface area (TPSA) is 185 Å². The monoisotopic (exact) mass is 770 g/mol. The highest BCUT2D eigenvalue weighted by Crippen LogP contribution is 2.46. The molecule has 0 spiro atoms. The zero-order valence-electron chi connectivity index (χ0n) is 28.0. The average molecular weight is 772 g/mol. The van der Waals surface area contributed by atoms with E-state index in [4.69, 9.17) is 61.1 Å². The van der Waals surface area contributed by atoms with Gasteiger partial charge in [0.05, 0.1) is 25.3 Å². The Labute approximate surface area is 315 Å². The van der Waals surface area contributed by atoms with Crippen molar-refractivity contribution in [1.82, 2.24) is 29.9 Å². The third kappa shape index (κ3) is 8.30. The van der Waals surface area contributed by atoms with Crippen molar-refractivity contribution in [2.24, 2.45) is 0 Å². The summed E-state index contributed by atoms with van der Waals surface area (Å²) in [6, 6.07) is 22.1. The van der Waals surface area contributed by atoms with Crippen LogP contribution in [0.4, 0.5) is 0 Å². The molecule has 1 aliphatic heterocycles. The van der Waals surface area contributed by atoms with Crippen LogP contribution < -0.4 is 28.4 Å². The van der Waals surface area contributed by atoms with E-state index < -0.39 is 36.0 Å². The fourth-order valence-corrected chi connectivity index (χ4v) is 5.17. The van der Waals surface area contributed by atoms with E-state index in [1.165, 1.54) is 38.5 Å². The van der Waals surface area contributed by atoms with Crippen LogP contribution in [0.15, 0.2) is 84.9 Å². The number of fused-ring (bicyclic) bond motifs is 8. The number of nitrogens with zero attached hydrogens (tertiary/aromatic N) is 6. The normalized spacial score (nSPS) is 11.5. The summed E-state index contributed by atoms with van der Waals surface area (Å²) in [5.74, 6) is -2.09. The lowest BCUT2D eigenvalue weighted by atomic mass is 10.1. The average Bonchev–Trinajstić information content (AvgIpc) is 3.16. The number of methoxy groups -OCH3 is 2. The number of carbonyl (C=O) groups excluding carboxylic acids is 2. The van der Waals surface area contributed by atoms with Crippen molar-refractivity contribution >= 4 is 35.1 Å². The van der Waals surface area contributed by atoms with E-state index in [9.17, 15) is 9.59 Å². The molecule has 0 saturated heterocycles. The fourth-order valence-electron chi connectivity index (χ4n) is 4.88. The van der Waals surface area contributed by atoms with Gasteiger partial charge in [0.2, 0.25) is 22.1 Å². The quantitative estimate of drug-likeness (QED) is 0.138. The van der Waals surface area contributed by atoms with Crippen molar-refractivity contribution in [2.45, 2.75) is 13.2 Å². The molecule has 6 aromatic rings. The molecule has 0 radical (unpaired) electrons. The van der Waals surface area contributed by atoms with Gasteiger partial charge in [-0.2, -0.15) is 19.9 Å². The van der Waals surface area contributed by atoms with Crippen molar-refractivity contribution < 1.29 is 47.5 Å². The Hall–Kier alpha value is -6.78. The highest BCUT2D eigenvalue weighted by atomic mass is 35.5. The second kappa shape index (κ2) is 15.9. The molecule has 54 heavy (non-hydrogen) atoms. The summed E-state index contributed by atoms with van der Waals surface area (Å²) in [6.45, 7) is 0.0411. The fraction of sp³-hybridized carbons (Fsp3) is 0.111. The standard InChI is InChI=1S/C36H24Cl2N6O10/c1-47-29(45)21-13-23-27(49-17-19-9-5-3-6-10-19)24(14-21)52-34-40-32(38)42-36(44-34)54-26-16-22(30(46)48-2)15-25(28(26)50-18-20-11-7-4-8-12-20)53-35-41-31(37)39-33(43-35)51-23/h3-16H,17-18H2,1-2H3. The highest BCUT2D eigenvalue weighted by Gasteiger charge is 2.26. The molecule has 0 N–H and O–H groups in total. The molecule has 0 fully saturated rings. The molecule has 4 aromatic carbocycles. The van der Waals surface area contributed by atoms with Gasteiger partial charge in [-0.05, 0) is 58.6 Å². The molecule has 7 rings (SSSR count). The summed E-state index contributed by atoms with van der Waals surface area (Å²) in [7, 11) is 2.40. The van der Waals surface area contributed by atoms with Crippen LogP contribution in [-0.4, -0.2) is 56.1 Å². The maximum Gasteiger partial charge on any atom is 0.338 e. The van der Waals surface area contributed by atoms with E-state index in [2.05, 4.69) is 29.9 Å². The van der Waals surface area contributed by atoms with Crippen LogP contribution in [0.5, 0.6) is 58.5 Å². The maximum absolute atomic E-state index is 12.9. The summed E-state index contributed by atoms with van der Waals surface area (Å²) in [5, 5.41) is -0.698. The Morgan fingerprint density at radius 3 is 1.13 bits per heavy atom. The summed E-state index contributed by atoms with van der Waals surface area (Å²) in [4.78, 5) is 50.6. The Morgan fingerprint density at radius 2 is 0.833 bits per heavy atom. The minimum atomic E-state index is -0.757. The lowest BCUT2D eigenvalue weighted by Gasteiger charge is -2.19. The van der Waals surface area contributed by atoms with Crippen LogP contribution in [0.3, 0.4) is 0 Å². The van der Waals surface area contributed by atoms with Crippen LogP contribution in [0.25, 0.3) is 0 Å². The molecular formula is C36H24Cl2N6O10. The van der Waals surface area contributed by atoms with E-state index in [0.717, 1.165) is 11.1 Å². The lowest BCUT2D eigenvalue weighted by Crippen LogP contribution is -2.08. The summed E-state index contributed by atoms with van der Waals surface area (Å²) >= 11 is 12.7. The van der Waals surface area contributed by atoms with Crippen molar-refractivity contribution in [3.05, 3.63) is 118 Å². The van der Waals surface area contributed by atoms with Crippen LogP contribution in [0.2, 0.25) is 10.6 Å². The van der Waals surface area contributed by atoms with Gasteiger partial charge in [-0.3, -0.25) is 0 Å². The molecule has 0 saturated carbocycles. The van der Waals surface area contributed by atoms with Gasteiger partial charge in [-0.25, -0.2) is 9.59 Å². The third-order valence-electron chi connectivity index (χ3n) is 7.27. The van der Waals surface area contributed by atoms with Gasteiger partial charge >= 0.3 is 36.0 Å². The van der Waals surface area contributed by atoms with Crippen molar-refractivity contribution in [3.63, 3.8) is 0 Å². The minimum Gasteiger partial charge on any atom is -0.482 e. The zero-order valence-corrected chi connectivity index (χ0v) is 29.5. The van der Waals surface area contributed by atoms with Crippen LogP contribution in [0, 0.1) is 0 Å². The first kappa shape index (κ1) is 35.6. The van der Waals surface area contributed by atoms with Crippen molar-refractivity contribution in [3.8, 4) is 58.5 Å². The SMILES string of the molecule is COC(=O)c1cc2c(OCc3ccccc3)c(c1)Oc1nc(Cl)nc(n1)Oc1cc(C(=O)OC)cc(c1OCc1ccccc1)Oc1nc(Cl)nc(n1)O2. The predicted octanol–water partition coefficient (Wildman–Crippen LogP) is 7.58. The largest absolute Gasteiger partial charge is 0.482 e. The Morgan fingerprint density at radius 1 is 0.519 bits per heavy atom.